The van der Waals surface area contributed by atoms with Gasteiger partial charge in [-0.1, -0.05) is 358 Å². The van der Waals surface area contributed by atoms with Gasteiger partial charge >= 0.3 is 0 Å². The Bertz CT molecular complexity index is 7490. The second-order valence-corrected chi connectivity index (χ2v) is 31.3. The van der Waals surface area contributed by atoms with E-state index in [0.29, 0.717) is 87.1 Å². The zero-order valence-electron chi connectivity index (χ0n) is 66.3. The lowest BCUT2D eigenvalue weighted by molar-refractivity contribution is 0.436. The predicted molar refractivity (Wildman–Crippen MR) is 485 cm³/mol. The first kappa shape index (κ1) is 71.3. The topological polar surface area (TPSA) is 173 Å². The second-order valence-electron chi connectivity index (χ2n) is 31.3. The molecule has 0 amide bonds. The molecule has 0 fully saturated rings. The molecule has 124 heavy (non-hydrogen) atoms. The van der Waals surface area contributed by atoms with Crippen LogP contribution in [-0.4, -0.2) is 59.8 Å². The van der Waals surface area contributed by atoms with Crippen molar-refractivity contribution in [3.05, 3.63) is 445 Å². The molecule has 14 nitrogen and oxygen atoms in total. The molecule has 0 saturated carbocycles. The van der Waals surface area contributed by atoms with Crippen LogP contribution >= 0.6 is 0 Å². The van der Waals surface area contributed by atoms with Gasteiger partial charge in [0.15, 0.2) is 69.9 Å². The lowest BCUT2D eigenvalue weighted by Gasteiger charge is -2.39. The highest BCUT2D eigenvalue weighted by Crippen LogP contribution is 2.65. The van der Waals surface area contributed by atoms with E-state index in [0.717, 1.165) is 150 Å². The fraction of sp³-hybridized carbons (Fsp3) is 0.0182. The zero-order valence-corrected chi connectivity index (χ0v) is 66.3. The second kappa shape index (κ2) is 29.0. The molecule has 0 bridgehead atoms. The van der Waals surface area contributed by atoms with Gasteiger partial charge < -0.3 is 9.47 Å². The van der Waals surface area contributed by atoms with Crippen molar-refractivity contribution in [2.45, 2.75) is 10.8 Å². The largest absolute Gasteiger partial charge is 0.457 e. The van der Waals surface area contributed by atoms with Crippen molar-refractivity contribution in [1.82, 2.24) is 59.8 Å². The summed E-state index contributed by atoms with van der Waals surface area (Å²) in [5.41, 5.74) is 23.1. The van der Waals surface area contributed by atoms with Gasteiger partial charge in [0, 0.05) is 89.0 Å². The van der Waals surface area contributed by atoms with Gasteiger partial charge in [0.2, 0.25) is 0 Å². The van der Waals surface area contributed by atoms with E-state index in [-0.39, 0.29) is 0 Å². The van der Waals surface area contributed by atoms with Gasteiger partial charge in [-0.15, -0.1) is 0 Å². The maximum absolute atomic E-state index is 7.37. The molecule has 4 aromatic heterocycles. The van der Waals surface area contributed by atoms with Crippen molar-refractivity contribution < 1.29 is 9.47 Å². The molecule has 24 rings (SSSR count). The molecule has 14 heteroatoms. The highest BCUT2D eigenvalue weighted by molar-refractivity contribution is 5.94. The zero-order chi connectivity index (χ0) is 81.8. The van der Waals surface area contributed by atoms with Gasteiger partial charge in [0.1, 0.15) is 23.0 Å². The molecular formula is C110H66N12O2. The normalized spacial score (nSPS) is 14.5. The molecule has 6 heterocycles. The van der Waals surface area contributed by atoms with Crippen LogP contribution in [0.2, 0.25) is 0 Å². The van der Waals surface area contributed by atoms with Crippen molar-refractivity contribution >= 4 is 0 Å². The summed E-state index contributed by atoms with van der Waals surface area (Å²) in [7, 11) is 0. The summed E-state index contributed by atoms with van der Waals surface area (Å²) in [5, 5.41) is 0. The quantitative estimate of drug-likeness (QED) is 0.107. The maximum atomic E-state index is 7.37. The summed E-state index contributed by atoms with van der Waals surface area (Å²) < 4.78 is 14.6. The first-order chi connectivity index (χ1) is 61.4. The van der Waals surface area contributed by atoms with Crippen LogP contribution in [-0.2, 0) is 10.8 Å². The molecule has 2 atom stereocenters. The van der Waals surface area contributed by atoms with Crippen LogP contribution in [0.1, 0.15) is 44.5 Å². The van der Waals surface area contributed by atoms with E-state index in [9.17, 15) is 0 Å². The monoisotopic (exact) mass is 1590 g/mol. The Balaban J connectivity index is 0.629. The SMILES string of the molecule is c1ccc(-c2nc(-c3ccccc3)nc(-c3ccc4c(c3)Oc3ccc(-c5ccc(-c6nc(-c7ccccc7)nc(-c7ccc8c(c7)Oc7ccccc7C87c8ccccc8-c8ccc(-c9nc(-c%10ccccc%10)nc(-c%10ccccc%10)n9)cc87)n6)cc5)cc3C43c4ccccc4-c4cc(-c5nc(-c6ccccc6)nc(-c6ccccc6)n5)ccc43)n2)cc1. The van der Waals surface area contributed by atoms with Gasteiger partial charge in [-0.2, -0.15) is 0 Å². The minimum Gasteiger partial charge on any atom is -0.457 e. The van der Waals surface area contributed by atoms with Gasteiger partial charge in [0.05, 0.1) is 10.8 Å². The number of nitrogens with zero attached hydrogens (tertiary/aromatic N) is 12. The van der Waals surface area contributed by atoms with Crippen molar-refractivity contribution in [1.29, 1.82) is 0 Å². The number of hydrogen-bond acceptors (Lipinski definition) is 14. The number of hydrogen-bond donors (Lipinski definition) is 0. The number of aromatic nitrogens is 12. The molecule has 0 N–H and O–H groups in total. The third-order valence-corrected chi connectivity index (χ3v) is 24.3. The average Bonchev–Trinajstić information content (AvgIpc) is 1.51. The minimum absolute atomic E-state index is 0.487. The van der Waals surface area contributed by atoms with E-state index in [4.69, 9.17) is 69.3 Å². The summed E-state index contributed by atoms with van der Waals surface area (Å²) >= 11 is 0. The highest BCUT2D eigenvalue weighted by Gasteiger charge is 2.53. The Morgan fingerprint density at radius 1 is 0.129 bits per heavy atom. The van der Waals surface area contributed by atoms with Crippen molar-refractivity contribution in [2.24, 2.45) is 0 Å². The van der Waals surface area contributed by atoms with E-state index in [1.54, 1.807) is 0 Å². The first-order valence-corrected chi connectivity index (χ1v) is 41.3. The fourth-order valence-electron chi connectivity index (χ4n) is 18.6. The molecule has 16 aromatic carbocycles. The van der Waals surface area contributed by atoms with Gasteiger partial charge in [-0.25, -0.2) is 59.8 Å². The van der Waals surface area contributed by atoms with E-state index >= 15 is 0 Å². The lowest BCUT2D eigenvalue weighted by Crippen LogP contribution is -2.32. The van der Waals surface area contributed by atoms with Crippen LogP contribution in [0.25, 0.3) is 170 Å². The number of para-hydroxylation sites is 1. The molecule has 20 aromatic rings. The van der Waals surface area contributed by atoms with Crippen LogP contribution in [0.15, 0.2) is 400 Å². The Labute approximate surface area is 713 Å². The van der Waals surface area contributed by atoms with Crippen LogP contribution in [0.5, 0.6) is 23.0 Å². The van der Waals surface area contributed by atoms with Crippen molar-refractivity contribution in [3.63, 3.8) is 0 Å². The number of rotatable bonds is 13. The lowest BCUT2D eigenvalue weighted by atomic mass is 9.65. The van der Waals surface area contributed by atoms with Crippen molar-refractivity contribution in [3.8, 4) is 193 Å². The Morgan fingerprint density at radius 2 is 0.363 bits per heavy atom. The smallest absolute Gasteiger partial charge is 0.164 e. The van der Waals surface area contributed by atoms with Crippen LogP contribution in [0.3, 0.4) is 0 Å². The number of ether oxygens (including phenoxy) is 2. The third kappa shape index (κ3) is 11.8. The summed E-state index contributed by atoms with van der Waals surface area (Å²) in [6, 6.07) is 138. The van der Waals surface area contributed by atoms with Crippen LogP contribution in [0.4, 0.5) is 0 Å². The molecule has 2 spiro atoms. The summed E-state index contributed by atoms with van der Waals surface area (Å²) in [5.74, 6) is 9.45. The maximum Gasteiger partial charge on any atom is 0.164 e. The molecular weight excluding hydrogens is 1520 g/mol. The highest BCUT2D eigenvalue weighted by atomic mass is 16.5. The van der Waals surface area contributed by atoms with Gasteiger partial charge in [0.25, 0.3) is 0 Å². The molecule has 0 radical (unpaired) electrons. The third-order valence-electron chi connectivity index (χ3n) is 24.3. The van der Waals surface area contributed by atoms with Gasteiger partial charge in [-0.05, 0) is 98.1 Å². The number of fused-ring (bicyclic) bond motifs is 18. The Hall–Kier alpha value is -16.8. The fourth-order valence-corrected chi connectivity index (χ4v) is 18.6. The molecule has 2 aliphatic carbocycles. The summed E-state index contributed by atoms with van der Waals surface area (Å²) in [6.45, 7) is 0. The van der Waals surface area contributed by atoms with Crippen LogP contribution in [0, 0.1) is 0 Å². The molecule has 578 valence electrons. The summed E-state index contributed by atoms with van der Waals surface area (Å²) in [6.07, 6.45) is 0. The number of benzene rings is 16. The Kier molecular flexibility index (Phi) is 16.7. The van der Waals surface area contributed by atoms with E-state index in [1.807, 2.05) is 218 Å². The Morgan fingerprint density at radius 3 is 0.758 bits per heavy atom. The standard InChI is InChI=1S/C110H66N12O2/c1-8-28-68(29-9-1)97-111-98(69-30-10-2-11-31-69)116-105(115-97)77-53-58-87-84(62-77)82-43-23-25-45-86(82)109(87)89-59-54-79(107-119-101(72-36-16-5-17-37-72)113-102(120-107)73-38-18-6-19-39-73)65-95(89)124-94-61-56-76(63-92(94)109)67-48-50-75(51-49-67)104-114-103(74-40-20-7-21-41-74)121-108(122-104)80-55-60-90-96(66-80)123-93-47-27-26-46-88(93)110(90)85-44-24-22-42-81(85)83-57-52-78(64-91(83)110)106-117-99(70-32-12-3-13-33-70)112-100(118-106)71-34-14-4-15-35-71/h1-66H. The van der Waals surface area contributed by atoms with E-state index in [1.165, 1.54) is 0 Å². The summed E-state index contributed by atoms with van der Waals surface area (Å²) in [4.78, 5) is 62.6. The van der Waals surface area contributed by atoms with Gasteiger partial charge in [-0.3, -0.25) is 0 Å². The predicted octanol–water partition coefficient (Wildman–Crippen LogP) is 25.0. The molecule has 4 aliphatic rings. The van der Waals surface area contributed by atoms with E-state index in [2.05, 4.69) is 182 Å². The van der Waals surface area contributed by atoms with E-state index < -0.39 is 10.8 Å². The molecule has 2 unspecified atom stereocenters. The average molecular weight is 1590 g/mol. The molecule has 2 aliphatic heterocycles. The minimum atomic E-state index is -0.928. The van der Waals surface area contributed by atoms with Crippen molar-refractivity contribution in [2.75, 3.05) is 0 Å². The molecule has 0 saturated heterocycles. The first-order valence-electron chi connectivity index (χ1n) is 41.3. The van der Waals surface area contributed by atoms with Crippen LogP contribution < -0.4 is 9.47 Å².